The van der Waals surface area contributed by atoms with Crippen LogP contribution in [0.1, 0.15) is 20.8 Å². The molecule has 22 heavy (non-hydrogen) atoms. The lowest BCUT2D eigenvalue weighted by Crippen LogP contribution is -2.70. The number of carboxylic acids is 1. The van der Waals surface area contributed by atoms with Gasteiger partial charge in [-0.15, -0.1) is 11.8 Å². The summed E-state index contributed by atoms with van der Waals surface area (Å²) in [6.07, 6.45) is -0.722. The SMILES string of the molecule is CC(C)(C)OC(=O)NC1C(=O)N2C(C(=O)O)=C(CO)CS[C@H]12. The van der Waals surface area contributed by atoms with Crippen LogP contribution in [0.4, 0.5) is 4.79 Å². The monoisotopic (exact) mass is 330 g/mol. The van der Waals surface area contributed by atoms with Gasteiger partial charge in [0.05, 0.1) is 6.61 Å². The van der Waals surface area contributed by atoms with Crippen molar-refractivity contribution >= 4 is 29.7 Å². The van der Waals surface area contributed by atoms with E-state index in [0.717, 1.165) is 4.90 Å². The quantitative estimate of drug-likeness (QED) is 0.630. The highest BCUT2D eigenvalue weighted by molar-refractivity contribution is 8.00. The van der Waals surface area contributed by atoms with Crippen LogP contribution in [0.15, 0.2) is 11.3 Å². The number of fused-ring (bicyclic) bond motifs is 1. The number of rotatable bonds is 3. The smallest absolute Gasteiger partial charge is 0.408 e. The minimum absolute atomic E-state index is 0.196. The molecule has 0 aromatic heterocycles. The van der Waals surface area contributed by atoms with Crippen molar-refractivity contribution in [3.8, 4) is 0 Å². The lowest BCUT2D eigenvalue weighted by molar-refractivity contribution is -0.149. The summed E-state index contributed by atoms with van der Waals surface area (Å²) < 4.78 is 5.09. The zero-order valence-corrected chi connectivity index (χ0v) is 13.3. The number of alkyl carbamates (subject to hydrolysis) is 1. The number of nitrogens with zero attached hydrogens (tertiary/aromatic N) is 1. The van der Waals surface area contributed by atoms with Crippen molar-refractivity contribution in [3.63, 3.8) is 0 Å². The second-order valence-electron chi connectivity index (χ2n) is 5.95. The number of carboxylic acid groups (broad SMARTS) is 1. The molecular formula is C13H18N2O6S. The highest BCUT2D eigenvalue weighted by Crippen LogP contribution is 2.40. The van der Waals surface area contributed by atoms with Crippen molar-refractivity contribution in [1.29, 1.82) is 0 Å². The molecule has 2 atom stereocenters. The van der Waals surface area contributed by atoms with E-state index >= 15 is 0 Å². The Bertz CT molecular complexity index is 553. The number of hydrogen-bond acceptors (Lipinski definition) is 6. The highest BCUT2D eigenvalue weighted by atomic mass is 32.2. The summed E-state index contributed by atoms with van der Waals surface area (Å²) in [4.78, 5) is 36.3. The first kappa shape index (κ1) is 16.6. The van der Waals surface area contributed by atoms with Gasteiger partial charge < -0.3 is 20.3 Å². The molecule has 122 valence electrons. The van der Waals surface area contributed by atoms with E-state index in [9.17, 15) is 24.6 Å². The summed E-state index contributed by atoms with van der Waals surface area (Å²) in [5.74, 6) is -1.50. The molecule has 1 fully saturated rings. The molecule has 3 N–H and O–H groups in total. The fourth-order valence-corrected chi connectivity index (χ4v) is 3.57. The first-order valence-corrected chi connectivity index (χ1v) is 7.71. The van der Waals surface area contributed by atoms with Gasteiger partial charge >= 0.3 is 12.1 Å². The van der Waals surface area contributed by atoms with E-state index in [2.05, 4.69) is 5.32 Å². The van der Waals surface area contributed by atoms with E-state index in [1.165, 1.54) is 11.8 Å². The van der Waals surface area contributed by atoms with Crippen LogP contribution in [0, 0.1) is 0 Å². The minimum Gasteiger partial charge on any atom is -0.477 e. The lowest BCUT2D eigenvalue weighted by atomic mass is 10.0. The summed E-state index contributed by atoms with van der Waals surface area (Å²) in [5.41, 5.74) is -0.594. The Kier molecular flexibility index (Phi) is 4.39. The van der Waals surface area contributed by atoms with Gasteiger partial charge in [-0.1, -0.05) is 0 Å². The first-order valence-electron chi connectivity index (χ1n) is 6.66. The zero-order chi connectivity index (χ0) is 16.7. The van der Waals surface area contributed by atoms with E-state index in [1.54, 1.807) is 20.8 Å². The maximum Gasteiger partial charge on any atom is 0.408 e. The number of thioether (sulfide) groups is 1. The molecule has 2 amide bonds. The standard InChI is InChI=1S/C13H18N2O6S/c1-13(2,3)21-12(20)14-7-9(17)15-8(11(18)19)6(4-16)5-22-10(7)15/h7,10,16H,4-5H2,1-3H3,(H,14,20)(H,18,19)/t7?,10-/m1/s1. The third kappa shape index (κ3) is 3.05. The molecule has 0 aromatic rings. The molecule has 0 aliphatic carbocycles. The van der Waals surface area contributed by atoms with Crippen molar-refractivity contribution in [1.82, 2.24) is 10.2 Å². The molecular weight excluding hydrogens is 312 g/mol. The molecule has 8 nitrogen and oxygen atoms in total. The van der Waals surface area contributed by atoms with Gasteiger partial charge in [0.2, 0.25) is 0 Å². The van der Waals surface area contributed by atoms with Crippen molar-refractivity contribution < 1.29 is 29.3 Å². The number of carbonyl (C=O) groups excluding carboxylic acids is 2. The molecule has 1 saturated heterocycles. The van der Waals surface area contributed by atoms with Gasteiger partial charge in [0, 0.05) is 5.75 Å². The summed E-state index contributed by atoms with van der Waals surface area (Å²) >= 11 is 1.29. The normalized spacial score (nSPS) is 24.5. The molecule has 9 heteroatoms. The fraction of sp³-hybridized carbons (Fsp3) is 0.615. The first-order chi connectivity index (χ1) is 10.2. The third-order valence-electron chi connectivity index (χ3n) is 3.11. The largest absolute Gasteiger partial charge is 0.477 e. The van der Waals surface area contributed by atoms with Crippen molar-refractivity contribution in [3.05, 3.63) is 11.3 Å². The number of aliphatic hydroxyl groups excluding tert-OH is 1. The molecule has 2 aliphatic rings. The minimum atomic E-state index is -1.27. The molecule has 0 spiro atoms. The van der Waals surface area contributed by atoms with Crippen LogP contribution in [-0.4, -0.2) is 62.5 Å². The van der Waals surface area contributed by atoms with Crippen LogP contribution in [0.25, 0.3) is 0 Å². The van der Waals surface area contributed by atoms with E-state index in [-0.39, 0.29) is 11.3 Å². The van der Waals surface area contributed by atoms with Gasteiger partial charge in [-0.3, -0.25) is 9.69 Å². The number of aliphatic hydroxyl groups is 1. The predicted octanol–water partition coefficient (Wildman–Crippen LogP) is 0.126. The van der Waals surface area contributed by atoms with E-state index in [4.69, 9.17) is 4.74 Å². The summed E-state index contributed by atoms with van der Waals surface area (Å²) in [6, 6.07) is -0.825. The van der Waals surface area contributed by atoms with Gasteiger partial charge in [-0.05, 0) is 26.3 Å². The molecule has 0 saturated carbocycles. The number of β-lactam (4-membered cyclic amide) rings is 1. The Morgan fingerprint density at radius 3 is 2.59 bits per heavy atom. The van der Waals surface area contributed by atoms with Gasteiger partial charge in [-0.2, -0.15) is 0 Å². The van der Waals surface area contributed by atoms with Crippen LogP contribution in [0.5, 0.6) is 0 Å². The molecule has 0 radical (unpaired) electrons. The molecule has 2 heterocycles. The number of ether oxygens (including phenoxy) is 1. The number of amides is 2. The Hall–Kier alpha value is -1.74. The average Bonchev–Trinajstić information content (AvgIpc) is 2.40. The molecule has 1 unspecified atom stereocenters. The zero-order valence-electron chi connectivity index (χ0n) is 12.5. The number of nitrogens with one attached hydrogen (secondary N) is 1. The fourth-order valence-electron chi connectivity index (χ4n) is 2.24. The maximum atomic E-state index is 12.1. The van der Waals surface area contributed by atoms with Crippen molar-refractivity contribution in [2.24, 2.45) is 0 Å². The Morgan fingerprint density at radius 1 is 1.45 bits per heavy atom. The molecule has 2 aliphatic heterocycles. The predicted molar refractivity (Wildman–Crippen MR) is 78.0 cm³/mol. The molecule has 0 bridgehead atoms. The van der Waals surface area contributed by atoms with Gasteiger partial charge in [-0.25, -0.2) is 9.59 Å². The molecule has 2 rings (SSSR count). The average molecular weight is 330 g/mol. The van der Waals surface area contributed by atoms with E-state index < -0.39 is 41.6 Å². The van der Waals surface area contributed by atoms with Gasteiger partial charge in [0.25, 0.3) is 5.91 Å². The Morgan fingerprint density at radius 2 is 2.09 bits per heavy atom. The van der Waals surface area contributed by atoms with Crippen molar-refractivity contribution in [2.75, 3.05) is 12.4 Å². The Balaban J connectivity index is 2.10. The van der Waals surface area contributed by atoms with Gasteiger partial charge in [0.1, 0.15) is 22.7 Å². The summed E-state index contributed by atoms with van der Waals surface area (Å²) in [5, 5.41) is 20.4. The second-order valence-corrected chi connectivity index (χ2v) is 7.05. The topological polar surface area (TPSA) is 116 Å². The van der Waals surface area contributed by atoms with Gasteiger partial charge in [0.15, 0.2) is 0 Å². The number of aliphatic carboxylic acids is 1. The van der Waals surface area contributed by atoms with E-state index in [1.807, 2.05) is 0 Å². The molecule has 0 aromatic carbocycles. The number of hydrogen-bond donors (Lipinski definition) is 3. The second kappa shape index (κ2) is 5.81. The Labute approximate surface area is 131 Å². The lowest BCUT2D eigenvalue weighted by Gasteiger charge is -2.49. The summed E-state index contributed by atoms with van der Waals surface area (Å²) in [7, 11) is 0. The summed E-state index contributed by atoms with van der Waals surface area (Å²) in [6.45, 7) is 4.69. The van der Waals surface area contributed by atoms with Crippen LogP contribution in [0.2, 0.25) is 0 Å². The highest BCUT2D eigenvalue weighted by Gasteiger charge is 2.54. The third-order valence-corrected chi connectivity index (χ3v) is 4.45. The van der Waals surface area contributed by atoms with Crippen molar-refractivity contribution in [2.45, 2.75) is 37.8 Å². The van der Waals surface area contributed by atoms with E-state index in [0.29, 0.717) is 5.75 Å². The maximum absolute atomic E-state index is 12.1. The van der Waals surface area contributed by atoms with Crippen LogP contribution < -0.4 is 5.32 Å². The van der Waals surface area contributed by atoms with Crippen LogP contribution >= 0.6 is 11.8 Å². The number of carbonyl (C=O) groups is 3. The van der Waals surface area contributed by atoms with Crippen LogP contribution in [0.3, 0.4) is 0 Å². The van der Waals surface area contributed by atoms with Crippen LogP contribution in [-0.2, 0) is 14.3 Å².